The molecule has 2 N–H and O–H groups in total. The zero-order valence-corrected chi connectivity index (χ0v) is 14.1. The van der Waals surface area contributed by atoms with Gasteiger partial charge in [0.15, 0.2) is 0 Å². The average molecular weight is 343 g/mol. The van der Waals surface area contributed by atoms with Gasteiger partial charge in [-0.3, -0.25) is 9.20 Å². The quantitative estimate of drug-likeness (QED) is 0.412. The number of carbonyl (C=O) groups excluding carboxylic acids is 1. The molecule has 0 atom stereocenters. The third-order valence-electron chi connectivity index (χ3n) is 3.87. The molecule has 3 rings (SSSR count). The zero-order chi connectivity index (χ0) is 18.0. The molecule has 0 aromatic carbocycles. The van der Waals surface area contributed by atoms with Gasteiger partial charge < -0.3 is 15.2 Å². The van der Waals surface area contributed by atoms with E-state index in [4.69, 9.17) is 15.2 Å². The van der Waals surface area contributed by atoms with Crippen molar-refractivity contribution in [1.82, 2.24) is 9.38 Å². The fourth-order valence-corrected chi connectivity index (χ4v) is 2.68. The maximum Gasteiger partial charge on any atom is 0.344 e. The van der Waals surface area contributed by atoms with Gasteiger partial charge in [0.05, 0.1) is 19.8 Å². The van der Waals surface area contributed by atoms with E-state index in [1.807, 2.05) is 0 Å². The highest BCUT2D eigenvalue weighted by Crippen LogP contribution is 2.15. The molecule has 0 aliphatic carbocycles. The van der Waals surface area contributed by atoms with Crippen LogP contribution in [0.5, 0.6) is 0 Å². The fourth-order valence-electron chi connectivity index (χ4n) is 2.68. The van der Waals surface area contributed by atoms with Crippen LogP contribution in [-0.4, -0.2) is 35.7 Å². The van der Waals surface area contributed by atoms with Gasteiger partial charge in [0.25, 0.3) is 11.2 Å². The van der Waals surface area contributed by atoms with Gasteiger partial charge in [0.1, 0.15) is 10.9 Å². The van der Waals surface area contributed by atoms with Crippen LogP contribution in [0.25, 0.3) is 16.7 Å². The Labute approximate surface area is 143 Å². The zero-order valence-electron chi connectivity index (χ0n) is 14.1. The number of aromatic nitrogens is 3. The van der Waals surface area contributed by atoms with Crippen molar-refractivity contribution in [1.29, 1.82) is 0 Å². The lowest BCUT2D eigenvalue weighted by atomic mass is 10.2. The molecule has 3 aromatic heterocycles. The van der Waals surface area contributed by atoms with E-state index in [0.29, 0.717) is 24.4 Å². The molecule has 130 valence electrons. The van der Waals surface area contributed by atoms with Crippen LogP contribution in [0.4, 0.5) is 5.82 Å². The number of carbonyl (C=O) groups is 1. The molecule has 8 nitrogen and oxygen atoms in total. The van der Waals surface area contributed by atoms with Crippen LogP contribution in [0.3, 0.4) is 0 Å². The number of nitrogens with two attached hydrogens (primary N) is 1. The van der Waals surface area contributed by atoms with Crippen molar-refractivity contribution in [2.45, 2.75) is 13.5 Å². The molecule has 0 bridgehead atoms. The predicted octanol–water partition coefficient (Wildman–Crippen LogP) is 0.541. The first kappa shape index (κ1) is 16.8. The average Bonchev–Trinajstić information content (AvgIpc) is 2.61. The maximum absolute atomic E-state index is 12.8. The summed E-state index contributed by atoms with van der Waals surface area (Å²) in [6.45, 7) is 2.62. The lowest BCUT2D eigenvalue weighted by molar-refractivity contribution is -0.660. The number of methoxy groups -OCH3 is 1. The monoisotopic (exact) mass is 343 g/mol. The Bertz CT molecular complexity index is 1010. The Morgan fingerprint density at radius 3 is 2.92 bits per heavy atom. The van der Waals surface area contributed by atoms with Gasteiger partial charge in [-0.15, -0.1) is 0 Å². The maximum atomic E-state index is 12.8. The van der Waals surface area contributed by atoms with E-state index in [2.05, 4.69) is 4.98 Å². The first-order valence-corrected chi connectivity index (χ1v) is 7.88. The number of hydrogen-bond acceptors (Lipinski definition) is 6. The molecule has 0 saturated heterocycles. The summed E-state index contributed by atoms with van der Waals surface area (Å²) in [6, 6.07) is 6.71. The Hall–Kier alpha value is -3.00. The van der Waals surface area contributed by atoms with Gasteiger partial charge in [-0.2, -0.15) is 0 Å². The summed E-state index contributed by atoms with van der Waals surface area (Å²) in [5, 5.41) is 0.289. The van der Waals surface area contributed by atoms with Crippen LogP contribution in [0.2, 0.25) is 0 Å². The molecule has 3 heterocycles. The molecule has 0 unspecified atom stereocenters. The van der Waals surface area contributed by atoms with Crippen molar-refractivity contribution in [3.8, 4) is 0 Å². The number of fused-ring (bicyclic) bond motifs is 2. The molecule has 0 aliphatic rings. The highest BCUT2D eigenvalue weighted by atomic mass is 16.5. The topological polar surface area (TPSA) is 99.8 Å². The first-order chi connectivity index (χ1) is 12.1. The SMILES string of the molecule is CCOC(=O)c1cc2c(=O)n3ccccc3nc2[n+](CCOC)c1N. The number of nitrogens with zero attached hydrogens (tertiary/aromatic N) is 3. The largest absolute Gasteiger partial charge is 0.462 e. The van der Waals surface area contributed by atoms with Crippen LogP contribution in [0.1, 0.15) is 17.3 Å². The minimum Gasteiger partial charge on any atom is -0.462 e. The number of anilines is 1. The molecule has 3 aromatic rings. The Balaban J connectivity index is 2.38. The van der Waals surface area contributed by atoms with Crippen molar-refractivity contribution in [2.75, 3.05) is 26.1 Å². The summed E-state index contributed by atoms with van der Waals surface area (Å²) in [7, 11) is 1.56. The van der Waals surface area contributed by atoms with Crippen LogP contribution in [0, 0.1) is 0 Å². The predicted molar refractivity (Wildman–Crippen MR) is 91.4 cm³/mol. The van der Waals surface area contributed by atoms with Crippen molar-refractivity contribution >= 4 is 28.5 Å². The number of esters is 1. The third kappa shape index (κ3) is 2.91. The molecule has 8 heteroatoms. The van der Waals surface area contributed by atoms with Crippen LogP contribution < -0.4 is 15.9 Å². The van der Waals surface area contributed by atoms with Crippen molar-refractivity contribution in [3.05, 3.63) is 46.4 Å². The lowest BCUT2D eigenvalue weighted by Crippen LogP contribution is -2.43. The molecule has 0 spiro atoms. The van der Waals surface area contributed by atoms with E-state index < -0.39 is 5.97 Å². The molecular formula is C17H19N4O4+. The molecule has 0 aliphatic heterocycles. The molecule has 25 heavy (non-hydrogen) atoms. The number of rotatable bonds is 5. The van der Waals surface area contributed by atoms with Crippen molar-refractivity contribution in [3.63, 3.8) is 0 Å². The third-order valence-corrected chi connectivity index (χ3v) is 3.87. The highest BCUT2D eigenvalue weighted by molar-refractivity contribution is 5.96. The van der Waals surface area contributed by atoms with Crippen LogP contribution >= 0.6 is 0 Å². The molecule has 0 fully saturated rings. The second kappa shape index (κ2) is 6.86. The van der Waals surface area contributed by atoms with Gasteiger partial charge in [-0.25, -0.2) is 9.36 Å². The van der Waals surface area contributed by atoms with E-state index in [1.54, 1.807) is 43.0 Å². The minimum atomic E-state index is -0.578. The van der Waals surface area contributed by atoms with E-state index in [0.717, 1.165) is 0 Å². The van der Waals surface area contributed by atoms with Crippen molar-refractivity contribution in [2.24, 2.45) is 0 Å². The standard InChI is InChI=1S/C17H18N4O4/c1-3-25-17(23)11-10-12-15(21(14(11)18)8-9-24-2)19-13-6-4-5-7-20(13)16(12)22/h4-7,10,18H,3,8-9H2,1-2H3/p+1. The molecule has 0 amide bonds. The van der Waals surface area contributed by atoms with Gasteiger partial charge in [-0.05, 0) is 25.1 Å². The summed E-state index contributed by atoms with van der Waals surface area (Å²) in [5.74, 6) is -0.388. The number of hydrogen-bond donors (Lipinski definition) is 1. The van der Waals surface area contributed by atoms with Crippen molar-refractivity contribution < 1.29 is 18.8 Å². The summed E-state index contributed by atoms with van der Waals surface area (Å²) in [5.41, 5.74) is 6.93. The summed E-state index contributed by atoms with van der Waals surface area (Å²) in [6.07, 6.45) is 1.63. The van der Waals surface area contributed by atoms with E-state index >= 15 is 0 Å². The molecular weight excluding hydrogens is 324 g/mol. The summed E-state index contributed by atoms with van der Waals surface area (Å²) >= 11 is 0. The van der Waals surface area contributed by atoms with Gasteiger partial charge in [0, 0.05) is 13.3 Å². The summed E-state index contributed by atoms with van der Waals surface area (Å²) in [4.78, 5) is 29.6. The van der Waals surface area contributed by atoms with Gasteiger partial charge in [0.2, 0.25) is 11.5 Å². The van der Waals surface area contributed by atoms with E-state index in [-0.39, 0.29) is 28.9 Å². The molecule has 0 radical (unpaired) electrons. The van der Waals surface area contributed by atoms with E-state index in [1.165, 1.54) is 10.5 Å². The highest BCUT2D eigenvalue weighted by Gasteiger charge is 2.24. The van der Waals surface area contributed by atoms with Gasteiger partial charge in [-0.1, -0.05) is 11.1 Å². The Morgan fingerprint density at radius 1 is 1.40 bits per heavy atom. The first-order valence-electron chi connectivity index (χ1n) is 7.88. The lowest BCUT2D eigenvalue weighted by Gasteiger charge is -2.11. The second-order valence-corrected chi connectivity index (χ2v) is 5.39. The minimum absolute atomic E-state index is 0.139. The van der Waals surface area contributed by atoms with Crippen LogP contribution in [-0.2, 0) is 16.0 Å². The van der Waals surface area contributed by atoms with Crippen LogP contribution in [0.15, 0.2) is 35.3 Å². The van der Waals surface area contributed by atoms with Gasteiger partial charge >= 0.3 is 5.97 Å². The normalized spacial score (nSPS) is 11.1. The smallest absolute Gasteiger partial charge is 0.344 e. The second-order valence-electron chi connectivity index (χ2n) is 5.39. The number of ether oxygens (including phenoxy) is 2. The Morgan fingerprint density at radius 2 is 2.20 bits per heavy atom. The number of nitrogen functional groups attached to an aromatic ring is 1. The number of pyridine rings is 2. The Kier molecular flexibility index (Phi) is 4.62. The fraction of sp³-hybridized carbons (Fsp3) is 0.294. The van der Waals surface area contributed by atoms with E-state index in [9.17, 15) is 9.59 Å². The summed E-state index contributed by atoms with van der Waals surface area (Å²) < 4.78 is 13.2. The molecule has 0 saturated carbocycles.